The highest BCUT2D eigenvalue weighted by atomic mass is 16.2. The highest BCUT2D eigenvalue weighted by Gasteiger charge is 2.24. The molecule has 1 aliphatic heterocycles. The van der Waals surface area contributed by atoms with Gasteiger partial charge in [0, 0.05) is 19.5 Å². The summed E-state index contributed by atoms with van der Waals surface area (Å²) >= 11 is 0. The minimum atomic E-state index is -0.0227. The standard InChI is InChI=1S/C13H22N2O2/c16-12-10-15(8-7-14-12)13(17)9-11-5-3-1-2-4-6-11/h11H,1-10H2,(H,14,16). The van der Waals surface area contributed by atoms with Crippen LogP contribution in [0.3, 0.4) is 0 Å². The van der Waals surface area contributed by atoms with Gasteiger partial charge >= 0.3 is 0 Å². The van der Waals surface area contributed by atoms with Gasteiger partial charge in [0.05, 0.1) is 6.54 Å². The van der Waals surface area contributed by atoms with Crippen molar-refractivity contribution in [1.82, 2.24) is 10.2 Å². The van der Waals surface area contributed by atoms with Crippen LogP contribution in [-0.4, -0.2) is 36.3 Å². The Bertz CT molecular complexity index is 283. The van der Waals surface area contributed by atoms with Crippen LogP contribution in [0.4, 0.5) is 0 Å². The third kappa shape index (κ3) is 3.72. The van der Waals surface area contributed by atoms with E-state index in [0.29, 0.717) is 25.4 Å². The van der Waals surface area contributed by atoms with Gasteiger partial charge in [-0.05, 0) is 18.8 Å². The highest BCUT2D eigenvalue weighted by molar-refractivity contribution is 5.85. The van der Waals surface area contributed by atoms with Gasteiger partial charge in [-0.25, -0.2) is 0 Å². The molecule has 96 valence electrons. The fourth-order valence-electron chi connectivity index (χ4n) is 2.80. The van der Waals surface area contributed by atoms with E-state index in [1.54, 1.807) is 4.90 Å². The first-order valence-electron chi connectivity index (χ1n) is 6.80. The molecule has 0 unspecified atom stereocenters. The zero-order valence-electron chi connectivity index (χ0n) is 10.4. The Morgan fingerprint density at radius 1 is 1.24 bits per heavy atom. The number of rotatable bonds is 2. The van der Waals surface area contributed by atoms with Crippen LogP contribution >= 0.6 is 0 Å². The second-order valence-corrected chi connectivity index (χ2v) is 5.23. The summed E-state index contributed by atoms with van der Waals surface area (Å²) in [5.74, 6) is 0.701. The van der Waals surface area contributed by atoms with Crippen LogP contribution in [0.15, 0.2) is 0 Å². The lowest BCUT2D eigenvalue weighted by Crippen LogP contribution is -2.50. The maximum absolute atomic E-state index is 12.1. The number of carbonyl (C=O) groups is 2. The molecule has 1 saturated carbocycles. The average molecular weight is 238 g/mol. The van der Waals surface area contributed by atoms with Crippen molar-refractivity contribution in [2.24, 2.45) is 5.92 Å². The highest BCUT2D eigenvalue weighted by Crippen LogP contribution is 2.26. The van der Waals surface area contributed by atoms with E-state index >= 15 is 0 Å². The van der Waals surface area contributed by atoms with Crippen molar-refractivity contribution in [2.75, 3.05) is 19.6 Å². The molecule has 0 aromatic rings. The second kappa shape index (κ2) is 6.03. The molecular formula is C13H22N2O2. The summed E-state index contributed by atoms with van der Waals surface area (Å²) in [5, 5.41) is 2.75. The Morgan fingerprint density at radius 3 is 2.59 bits per heavy atom. The zero-order chi connectivity index (χ0) is 12.1. The van der Waals surface area contributed by atoms with Crippen LogP contribution in [0.5, 0.6) is 0 Å². The van der Waals surface area contributed by atoms with E-state index in [4.69, 9.17) is 0 Å². The van der Waals surface area contributed by atoms with Crippen LogP contribution in [0.25, 0.3) is 0 Å². The van der Waals surface area contributed by atoms with Gasteiger partial charge < -0.3 is 10.2 Å². The van der Waals surface area contributed by atoms with Gasteiger partial charge in [0.2, 0.25) is 11.8 Å². The number of carbonyl (C=O) groups excluding carboxylic acids is 2. The van der Waals surface area contributed by atoms with E-state index in [1.807, 2.05) is 0 Å². The summed E-state index contributed by atoms with van der Waals surface area (Å²) in [6, 6.07) is 0. The van der Waals surface area contributed by atoms with Crippen molar-refractivity contribution in [3.8, 4) is 0 Å². The van der Waals surface area contributed by atoms with Crippen LogP contribution in [-0.2, 0) is 9.59 Å². The second-order valence-electron chi connectivity index (χ2n) is 5.23. The minimum absolute atomic E-state index is 0.0227. The first kappa shape index (κ1) is 12.4. The molecule has 0 aromatic heterocycles. The predicted octanol–water partition coefficient (Wildman–Crippen LogP) is 1.31. The van der Waals surface area contributed by atoms with E-state index in [1.165, 1.54) is 38.5 Å². The van der Waals surface area contributed by atoms with E-state index in [-0.39, 0.29) is 18.4 Å². The van der Waals surface area contributed by atoms with Crippen LogP contribution in [0.2, 0.25) is 0 Å². The summed E-state index contributed by atoms with van der Waals surface area (Å²) in [4.78, 5) is 25.0. The Kier molecular flexibility index (Phi) is 4.40. The zero-order valence-corrected chi connectivity index (χ0v) is 10.4. The van der Waals surface area contributed by atoms with E-state index in [0.717, 1.165) is 0 Å². The van der Waals surface area contributed by atoms with Crippen LogP contribution in [0, 0.1) is 5.92 Å². The lowest BCUT2D eigenvalue weighted by molar-refractivity contribution is -0.139. The third-order valence-corrected chi connectivity index (χ3v) is 3.83. The number of hydrogen-bond donors (Lipinski definition) is 1. The van der Waals surface area contributed by atoms with Gasteiger partial charge in [-0.2, -0.15) is 0 Å². The fourth-order valence-corrected chi connectivity index (χ4v) is 2.80. The molecule has 4 heteroatoms. The smallest absolute Gasteiger partial charge is 0.239 e. The van der Waals surface area contributed by atoms with Gasteiger partial charge in [0.15, 0.2) is 0 Å². The van der Waals surface area contributed by atoms with E-state index in [2.05, 4.69) is 5.32 Å². The first-order valence-corrected chi connectivity index (χ1v) is 6.80. The molecule has 2 fully saturated rings. The van der Waals surface area contributed by atoms with Crippen molar-refractivity contribution in [1.29, 1.82) is 0 Å². The Balaban J connectivity index is 1.80. The molecular weight excluding hydrogens is 216 g/mol. The third-order valence-electron chi connectivity index (χ3n) is 3.83. The van der Waals surface area contributed by atoms with E-state index in [9.17, 15) is 9.59 Å². The monoisotopic (exact) mass is 238 g/mol. The number of nitrogens with one attached hydrogen (secondary N) is 1. The number of amides is 2. The topological polar surface area (TPSA) is 49.4 Å². The molecule has 1 heterocycles. The molecule has 2 aliphatic rings. The Labute approximate surface area is 103 Å². The molecule has 17 heavy (non-hydrogen) atoms. The normalized spacial score (nSPS) is 23.1. The van der Waals surface area contributed by atoms with Gasteiger partial charge in [0.25, 0.3) is 0 Å². The van der Waals surface area contributed by atoms with E-state index < -0.39 is 0 Å². The largest absolute Gasteiger partial charge is 0.353 e. The lowest BCUT2D eigenvalue weighted by atomic mass is 9.96. The molecule has 0 atom stereocenters. The SMILES string of the molecule is O=C1CN(C(=O)CC2CCCCCC2)CCN1. The average Bonchev–Trinajstić information content (AvgIpc) is 2.57. The molecule has 0 bridgehead atoms. The summed E-state index contributed by atoms with van der Waals surface area (Å²) in [6.07, 6.45) is 8.18. The predicted molar refractivity (Wildman–Crippen MR) is 65.4 cm³/mol. The fraction of sp³-hybridized carbons (Fsp3) is 0.846. The summed E-state index contributed by atoms with van der Waals surface area (Å²) in [7, 11) is 0. The van der Waals surface area contributed by atoms with Gasteiger partial charge in [0.1, 0.15) is 0 Å². The van der Waals surface area contributed by atoms with Gasteiger partial charge in [-0.15, -0.1) is 0 Å². The first-order chi connectivity index (χ1) is 8.25. The van der Waals surface area contributed by atoms with Crippen molar-refractivity contribution < 1.29 is 9.59 Å². The summed E-state index contributed by atoms with van der Waals surface area (Å²) in [5.41, 5.74) is 0. The van der Waals surface area contributed by atoms with Gasteiger partial charge in [-0.1, -0.05) is 25.7 Å². The molecule has 4 nitrogen and oxygen atoms in total. The molecule has 2 amide bonds. The van der Waals surface area contributed by atoms with Crippen molar-refractivity contribution in [2.45, 2.75) is 44.9 Å². The lowest BCUT2D eigenvalue weighted by Gasteiger charge is -2.28. The Morgan fingerprint density at radius 2 is 1.94 bits per heavy atom. The quantitative estimate of drug-likeness (QED) is 0.737. The van der Waals surface area contributed by atoms with Gasteiger partial charge in [-0.3, -0.25) is 9.59 Å². The van der Waals surface area contributed by atoms with Crippen molar-refractivity contribution in [3.63, 3.8) is 0 Å². The van der Waals surface area contributed by atoms with Crippen molar-refractivity contribution >= 4 is 11.8 Å². The molecule has 2 rings (SSSR count). The number of nitrogens with zero attached hydrogens (tertiary/aromatic N) is 1. The maximum atomic E-state index is 12.1. The number of hydrogen-bond acceptors (Lipinski definition) is 2. The molecule has 1 saturated heterocycles. The summed E-state index contributed by atoms with van der Waals surface area (Å²) in [6.45, 7) is 1.54. The van der Waals surface area contributed by atoms with Crippen molar-refractivity contribution in [3.05, 3.63) is 0 Å². The summed E-state index contributed by atoms with van der Waals surface area (Å²) < 4.78 is 0. The minimum Gasteiger partial charge on any atom is -0.353 e. The molecule has 0 aromatic carbocycles. The molecule has 1 aliphatic carbocycles. The van der Waals surface area contributed by atoms with Crippen LogP contribution < -0.4 is 5.32 Å². The number of piperazine rings is 1. The molecule has 0 spiro atoms. The van der Waals surface area contributed by atoms with Crippen LogP contribution in [0.1, 0.15) is 44.9 Å². The maximum Gasteiger partial charge on any atom is 0.239 e. The Hall–Kier alpha value is -1.06. The molecule has 0 radical (unpaired) electrons. The molecule has 1 N–H and O–H groups in total.